The molecule has 2 aromatic rings. The van der Waals surface area contributed by atoms with Crippen LogP contribution in [0.4, 0.5) is 11.5 Å². The van der Waals surface area contributed by atoms with Crippen molar-refractivity contribution in [3.05, 3.63) is 46.6 Å². The fraction of sp³-hybridized carbons (Fsp3) is 0.0769. The number of benzene rings is 1. The quantitative estimate of drug-likeness (QED) is 0.911. The van der Waals surface area contributed by atoms with E-state index >= 15 is 0 Å². The Balaban J connectivity index is 2.26. The summed E-state index contributed by atoms with van der Waals surface area (Å²) < 4.78 is 5.87. The Kier molecular flexibility index (Phi) is 4.01. The molecule has 0 atom stereocenters. The van der Waals surface area contributed by atoms with Gasteiger partial charge in [0, 0.05) is 16.7 Å². The lowest BCUT2D eigenvalue weighted by molar-refractivity contribution is 0.102. The molecule has 1 heterocycles. The molecule has 0 bridgehead atoms. The number of ether oxygens (including phenoxy) is 1. The highest BCUT2D eigenvalue weighted by molar-refractivity contribution is 9.10. The summed E-state index contributed by atoms with van der Waals surface area (Å²) in [5.74, 6) is 0.524. The van der Waals surface area contributed by atoms with E-state index in [4.69, 9.17) is 10.5 Å². The van der Waals surface area contributed by atoms with Gasteiger partial charge in [-0.25, -0.2) is 4.98 Å². The Morgan fingerprint density at radius 2 is 2.21 bits per heavy atom. The normalized spacial score (nSPS) is 10.0. The maximum atomic E-state index is 12.1. The highest BCUT2D eigenvalue weighted by atomic mass is 79.9. The van der Waals surface area contributed by atoms with Crippen LogP contribution in [-0.2, 0) is 0 Å². The smallest absolute Gasteiger partial charge is 0.259 e. The van der Waals surface area contributed by atoms with Gasteiger partial charge in [0.2, 0.25) is 0 Å². The second-order valence-corrected chi connectivity index (χ2v) is 4.59. The summed E-state index contributed by atoms with van der Waals surface area (Å²) in [5, 5.41) is 2.76. The van der Waals surface area contributed by atoms with E-state index in [9.17, 15) is 4.79 Å². The molecule has 3 N–H and O–H groups in total. The van der Waals surface area contributed by atoms with Crippen LogP contribution in [0.3, 0.4) is 0 Å². The number of aromatic nitrogens is 1. The first-order valence-corrected chi connectivity index (χ1v) is 6.26. The number of rotatable bonds is 3. The molecule has 0 fully saturated rings. The van der Waals surface area contributed by atoms with E-state index in [1.165, 1.54) is 6.20 Å². The maximum absolute atomic E-state index is 12.1. The van der Waals surface area contributed by atoms with Crippen molar-refractivity contribution in [3.8, 4) is 5.75 Å². The third-order valence-electron chi connectivity index (χ3n) is 2.50. The molecule has 1 aromatic heterocycles. The average Bonchev–Trinajstić information content (AvgIpc) is 2.41. The van der Waals surface area contributed by atoms with Crippen LogP contribution in [-0.4, -0.2) is 18.0 Å². The SMILES string of the molecule is COc1ccc(Br)c(NC(=O)c2cccnc2N)c1. The summed E-state index contributed by atoms with van der Waals surface area (Å²) in [4.78, 5) is 16.0. The van der Waals surface area contributed by atoms with E-state index in [-0.39, 0.29) is 11.7 Å². The lowest BCUT2D eigenvalue weighted by Gasteiger charge is -2.10. The number of hydrogen-bond acceptors (Lipinski definition) is 4. The van der Waals surface area contributed by atoms with Crippen molar-refractivity contribution in [2.24, 2.45) is 0 Å². The first-order chi connectivity index (χ1) is 9.11. The molecular weight excluding hydrogens is 310 g/mol. The van der Waals surface area contributed by atoms with E-state index < -0.39 is 0 Å². The van der Waals surface area contributed by atoms with Gasteiger partial charge >= 0.3 is 0 Å². The van der Waals surface area contributed by atoms with Crippen LogP contribution in [0.2, 0.25) is 0 Å². The molecule has 0 saturated heterocycles. The van der Waals surface area contributed by atoms with Crippen LogP contribution in [0.1, 0.15) is 10.4 Å². The van der Waals surface area contributed by atoms with E-state index in [0.29, 0.717) is 17.0 Å². The summed E-state index contributed by atoms with van der Waals surface area (Å²) in [7, 11) is 1.56. The Labute approximate surface area is 118 Å². The standard InChI is InChI=1S/C13H12BrN3O2/c1-19-8-4-5-10(14)11(7-8)17-13(18)9-3-2-6-16-12(9)15/h2-7H,1H3,(H2,15,16)(H,17,18). The van der Waals surface area contributed by atoms with Gasteiger partial charge in [0.1, 0.15) is 11.6 Å². The van der Waals surface area contributed by atoms with Crippen molar-refractivity contribution >= 4 is 33.3 Å². The number of nitrogens with two attached hydrogens (primary N) is 1. The Hall–Kier alpha value is -2.08. The molecule has 98 valence electrons. The number of nitrogens with one attached hydrogen (secondary N) is 1. The summed E-state index contributed by atoms with van der Waals surface area (Å²) in [6, 6.07) is 8.57. The minimum atomic E-state index is -0.320. The fourth-order valence-electron chi connectivity index (χ4n) is 1.53. The van der Waals surface area contributed by atoms with Gasteiger partial charge in [-0.05, 0) is 40.2 Å². The van der Waals surface area contributed by atoms with E-state index in [1.54, 1.807) is 37.4 Å². The minimum Gasteiger partial charge on any atom is -0.497 e. The van der Waals surface area contributed by atoms with Crippen molar-refractivity contribution in [1.29, 1.82) is 0 Å². The maximum Gasteiger partial charge on any atom is 0.259 e. The lowest BCUT2D eigenvalue weighted by Crippen LogP contribution is -2.15. The van der Waals surface area contributed by atoms with Crippen LogP contribution in [0.15, 0.2) is 41.0 Å². The van der Waals surface area contributed by atoms with Gasteiger partial charge in [-0.15, -0.1) is 0 Å². The van der Waals surface area contributed by atoms with Gasteiger partial charge in [-0.1, -0.05) is 0 Å². The molecule has 19 heavy (non-hydrogen) atoms. The first kappa shape index (κ1) is 13.4. The molecule has 0 saturated carbocycles. The highest BCUT2D eigenvalue weighted by Gasteiger charge is 2.12. The number of nitrogen functional groups attached to an aromatic ring is 1. The second-order valence-electron chi connectivity index (χ2n) is 3.74. The number of carbonyl (C=O) groups excluding carboxylic acids is 1. The zero-order chi connectivity index (χ0) is 13.8. The van der Waals surface area contributed by atoms with Crippen molar-refractivity contribution in [2.45, 2.75) is 0 Å². The van der Waals surface area contributed by atoms with Crippen LogP contribution in [0, 0.1) is 0 Å². The molecule has 0 unspecified atom stereocenters. The van der Waals surface area contributed by atoms with Gasteiger partial charge in [-0.3, -0.25) is 4.79 Å². The molecule has 5 nitrogen and oxygen atoms in total. The molecule has 6 heteroatoms. The molecule has 0 aliphatic carbocycles. The molecule has 0 spiro atoms. The molecule has 0 aliphatic heterocycles. The fourth-order valence-corrected chi connectivity index (χ4v) is 1.87. The summed E-state index contributed by atoms with van der Waals surface area (Å²) in [6.45, 7) is 0. The minimum absolute atomic E-state index is 0.194. The number of halogens is 1. The van der Waals surface area contributed by atoms with E-state index in [2.05, 4.69) is 26.2 Å². The number of nitrogens with zero attached hydrogens (tertiary/aromatic N) is 1. The Bertz CT molecular complexity index is 617. The van der Waals surface area contributed by atoms with Crippen molar-refractivity contribution in [2.75, 3.05) is 18.2 Å². The average molecular weight is 322 g/mol. The second kappa shape index (κ2) is 5.71. The number of methoxy groups -OCH3 is 1. The third-order valence-corrected chi connectivity index (χ3v) is 3.20. The highest BCUT2D eigenvalue weighted by Crippen LogP contribution is 2.27. The largest absolute Gasteiger partial charge is 0.497 e. The molecule has 0 radical (unpaired) electrons. The van der Waals surface area contributed by atoms with Gasteiger partial charge in [0.05, 0.1) is 18.4 Å². The monoisotopic (exact) mass is 321 g/mol. The van der Waals surface area contributed by atoms with Crippen molar-refractivity contribution in [1.82, 2.24) is 4.98 Å². The summed E-state index contributed by atoms with van der Waals surface area (Å²) >= 11 is 3.36. The number of amides is 1. The summed E-state index contributed by atoms with van der Waals surface area (Å²) in [6.07, 6.45) is 1.54. The number of anilines is 2. The van der Waals surface area contributed by atoms with Gasteiger partial charge < -0.3 is 15.8 Å². The van der Waals surface area contributed by atoms with E-state index in [1.807, 2.05) is 0 Å². The van der Waals surface area contributed by atoms with Gasteiger partial charge in [-0.2, -0.15) is 0 Å². The molecule has 1 aromatic carbocycles. The lowest BCUT2D eigenvalue weighted by atomic mass is 10.2. The molecular formula is C13H12BrN3O2. The van der Waals surface area contributed by atoms with Crippen LogP contribution in [0.5, 0.6) is 5.75 Å². The zero-order valence-electron chi connectivity index (χ0n) is 10.2. The predicted molar refractivity (Wildman–Crippen MR) is 77.3 cm³/mol. The Morgan fingerprint density at radius 1 is 1.42 bits per heavy atom. The topological polar surface area (TPSA) is 77.2 Å². The Morgan fingerprint density at radius 3 is 2.89 bits per heavy atom. The number of hydrogen-bond donors (Lipinski definition) is 2. The van der Waals surface area contributed by atoms with Gasteiger partial charge in [0.15, 0.2) is 0 Å². The summed E-state index contributed by atoms with van der Waals surface area (Å²) in [5.41, 5.74) is 6.60. The zero-order valence-corrected chi connectivity index (χ0v) is 11.8. The number of carbonyl (C=O) groups is 1. The predicted octanol–water partition coefficient (Wildman–Crippen LogP) is 2.69. The molecule has 1 amide bonds. The van der Waals surface area contributed by atoms with Crippen LogP contribution in [0.25, 0.3) is 0 Å². The van der Waals surface area contributed by atoms with Crippen LogP contribution < -0.4 is 15.8 Å². The van der Waals surface area contributed by atoms with Gasteiger partial charge in [0.25, 0.3) is 5.91 Å². The van der Waals surface area contributed by atoms with E-state index in [0.717, 1.165) is 4.47 Å². The molecule has 2 rings (SSSR count). The van der Waals surface area contributed by atoms with Crippen LogP contribution >= 0.6 is 15.9 Å². The number of pyridine rings is 1. The first-order valence-electron chi connectivity index (χ1n) is 5.47. The van der Waals surface area contributed by atoms with Crippen molar-refractivity contribution in [3.63, 3.8) is 0 Å². The molecule has 0 aliphatic rings. The third kappa shape index (κ3) is 3.03. The van der Waals surface area contributed by atoms with Crippen molar-refractivity contribution < 1.29 is 9.53 Å².